The van der Waals surface area contributed by atoms with E-state index in [0.717, 1.165) is 18.5 Å². The first-order valence-electron chi connectivity index (χ1n) is 5.21. The normalized spacial score (nSPS) is 14.2. The average Bonchev–Trinajstić information content (AvgIpc) is 2.28. The summed E-state index contributed by atoms with van der Waals surface area (Å²) in [7, 11) is 0. The number of nitrogens with one attached hydrogen (secondary N) is 1. The summed E-state index contributed by atoms with van der Waals surface area (Å²) in [5, 5.41) is 11.0. The number of carboxylic acid groups (broad SMARTS) is 1. The molecule has 5 nitrogen and oxygen atoms in total. The van der Waals surface area contributed by atoms with Gasteiger partial charge in [0.15, 0.2) is 0 Å². The Morgan fingerprint density at radius 1 is 1.50 bits per heavy atom. The summed E-state index contributed by atoms with van der Waals surface area (Å²) in [5.41, 5.74) is 1.01. The number of hydrogen-bond donors (Lipinski definition) is 2. The Kier molecular flexibility index (Phi) is 4.22. The third-order valence-corrected chi connectivity index (χ3v) is 2.89. The molecule has 0 amide bonds. The Morgan fingerprint density at radius 3 is 3.00 bits per heavy atom. The van der Waals surface area contributed by atoms with Crippen LogP contribution < -0.4 is 5.32 Å². The maximum Gasteiger partial charge on any atom is 0.372 e. The largest absolute Gasteiger partial charge is 0.473 e. The second kappa shape index (κ2) is 5.88. The number of halogens is 1. The van der Waals surface area contributed by atoms with E-state index in [9.17, 15) is 4.79 Å². The van der Waals surface area contributed by atoms with E-state index in [-0.39, 0.29) is 10.3 Å². The minimum atomic E-state index is -1.07. The molecule has 1 aliphatic carbocycles. The fourth-order valence-corrected chi connectivity index (χ4v) is 2.13. The summed E-state index contributed by atoms with van der Waals surface area (Å²) in [5.74, 6) is 0.500. The molecule has 0 saturated heterocycles. The first-order valence-corrected chi connectivity index (χ1v) is 6.41. The van der Waals surface area contributed by atoms with Crippen LogP contribution in [-0.4, -0.2) is 20.4 Å². The number of thioether (sulfide) groups is 1. The summed E-state index contributed by atoms with van der Waals surface area (Å²) >= 11 is 6.35. The van der Waals surface area contributed by atoms with Gasteiger partial charge in [-0.1, -0.05) is 23.8 Å². The van der Waals surface area contributed by atoms with Gasteiger partial charge in [0.1, 0.15) is 11.0 Å². The minimum absolute atomic E-state index is 0.115. The van der Waals surface area contributed by atoms with Crippen molar-refractivity contribution in [1.29, 1.82) is 0 Å². The zero-order valence-electron chi connectivity index (χ0n) is 9.26. The van der Waals surface area contributed by atoms with E-state index in [1.807, 2.05) is 12.2 Å². The zero-order valence-corrected chi connectivity index (χ0v) is 10.8. The maximum atomic E-state index is 10.6. The molecule has 2 rings (SSSR count). The highest BCUT2D eigenvalue weighted by Gasteiger charge is 2.09. The lowest BCUT2D eigenvalue weighted by Gasteiger charge is -2.11. The molecule has 0 bridgehead atoms. The molecule has 1 aromatic heterocycles. The van der Waals surface area contributed by atoms with Crippen molar-refractivity contribution in [3.8, 4) is 0 Å². The molecule has 0 saturated carbocycles. The molecule has 0 atom stereocenters. The van der Waals surface area contributed by atoms with Crippen molar-refractivity contribution >= 4 is 34.5 Å². The Hall–Kier alpha value is -1.53. The molecule has 7 heteroatoms. The summed E-state index contributed by atoms with van der Waals surface area (Å²) in [6.45, 7) is 0. The number of nitrogens with zero attached hydrogens (tertiary/aromatic N) is 2. The SMILES string of the molecule is O=C(O)Sc1nc(Cl)cc(NC2=CC=CCC2)n1. The molecule has 0 aromatic carbocycles. The van der Waals surface area contributed by atoms with Gasteiger partial charge in [-0.15, -0.1) is 0 Å². The van der Waals surface area contributed by atoms with Gasteiger partial charge < -0.3 is 10.4 Å². The van der Waals surface area contributed by atoms with Gasteiger partial charge in [-0.25, -0.2) is 14.8 Å². The molecule has 1 aromatic rings. The number of hydrogen-bond acceptors (Lipinski definition) is 5. The summed E-state index contributed by atoms with van der Waals surface area (Å²) in [6.07, 6.45) is 7.84. The van der Waals surface area contributed by atoms with E-state index >= 15 is 0 Å². The molecular formula is C11H10ClN3O2S. The van der Waals surface area contributed by atoms with Crippen molar-refractivity contribution < 1.29 is 9.90 Å². The summed E-state index contributed by atoms with van der Waals surface area (Å²) in [6, 6.07) is 1.56. The van der Waals surface area contributed by atoms with Crippen LogP contribution >= 0.6 is 23.4 Å². The molecule has 1 heterocycles. The molecule has 0 radical (unpaired) electrons. The second-order valence-corrected chi connectivity index (χ2v) is 4.82. The maximum absolute atomic E-state index is 10.6. The van der Waals surface area contributed by atoms with Gasteiger partial charge in [-0.05, 0) is 18.9 Å². The molecule has 0 fully saturated rings. The quantitative estimate of drug-likeness (QED) is 0.502. The van der Waals surface area contributed by atoms with E-state index in [0.29, 0.717) is 17.6 Å². The topological polar surface area (TPSA) is 75.1 Å². The van der Waals surface area contributed by atoms with Crippen molar-refractivity contribution in [3.63, 3.8) is 0 Å². The van der Waals surface area contributed by atoms with E-state index < -0.39 is 5.30 Å². The smallest absolute Gasteiger partial charge is 0.372 e. The average molecular weight is 284 g/mol. The minimum Gasteiger partial charge on any atom is -0.473 e. The molecule has 0 aliphatic heterocycles. The lowest BCUT2D eigenvalue weighted by molar-refractivity contribution is 0.222. The van der Waals surface area contributed by atoms with E-state index in [1.165, 1.54) is 0 Å². The van der Waals surface area contributed by atoms with Gasteiger partial charge in [0.05, 0.1) is 0 Å². The first-order chi connectivity index (χ1) is 8.63. The van der Waals surface area contributed by atoms with Crippen LogP contribution in [0, 0.1) is 0 Å². The highest BCUT2D eigenvalue weighted by molar-refractivity contribution is 8.13. The van der Waals surface area contributed by atoms with Crippen molar-refractivity contribution in [2.75, 3.05) is 5.32 Å². The van der Waals surface area contributed by atoms with Crippen LogP contribution in [0.3, 0.4) is 0 Å². The predicted octanol–water partition coefficient (Wildman–Crippen LogP) is 3.55. The van der Waals surface area contributed by atoms with Crippen LogP contribution in [0.1, 0.15) is 12.8 Å². The monoisotopic (exact) mass is 283 g/mol. The van der Waals surface area contributed by atoms with Crippen molar-refractivity contribution in [2.45, 2.75) is 18.0 Å². The number of carbonyl (C=O) groups is 1. The zero-order chi connectivity index (χ0) is 13.0. The van der Waals surface area contributed by atoms with Gasteiger partial charge in [-0.3, -0.25) is 0 Å². The molecule has 0 unspecified atom stereocenters. The number of rotatable bonds is 3. The van der Waals surface area contributed by atoms with Crippen LogP contribution in [0.15, 0.2) is 35.1 Å². The number of anilines is 1. The standard InChI is InChI=1S/C11H10ClN3O2S/c12-8-6-9(13-7-4-2-1-3-5-7)15-10(14-8)18-11(16)17/h1-2,4,6H,3,5H2,(H,16,17)(H,13,14,15). The van der Waals surface area contributed by atoms with Crippen LogP contribution in [0.4, 0.5) is 10.6 Å². The Bertz CT molecular complexity index is 531. The third-order valence-electron chi connectivity index (χ3n) is 2.16. The Morgan fingerprint density at radius 2 is 2.33 bits per heavy atom. The lowest BCUT2D eigenvalue weighted by atomic mass is 10.1. The summed E-state index contributed by atoms with van der Waals surface area (Å²) in [4.78, 5) is 18.5. The van der Waals surface area contributed by atoms with Gasteiger partial charge in [0, 0.05) is 23.5 Å². The molecule has 94 valence electrons. The Labute approximate surface area is 113 Å². The van der Waals surface area contributed by atoms with Crippen LogP contribution in [0.2, 0.25) is 5.15 Å². The fraction of sp³-hybridized carbons (Fsp3) is 0.182. The highest BCUT2D eigenvalue weighted by atomic mass is 35.5. The van der Waals surface area contributed by atoms with Crippen molar-refractivity contribution in [2.24, 2.45) is 0 Å². The predicted molar refractivity (Wildman–Crippen MR) is 71.0 cm³/mol. The van der Waals surface area contributed by atoms with Gasteiger partial charge in [-0.2, -0.15) is 0 Å². The molecular weight excluding hydrogens is 274 g/mol. The number of allylic oxidation sites excluding steroid dienone is 4. The Balaban J connectivity index is 2.17. The van der Waals surface area contributed by atoms with E-state index in [1.54, 1.807) is 6.07 Å². The number of aromatic nitrogens is 2. The summed E-state index contributed by atoms with van der Waals surface area (Å²) < 4.78 is 0. The van der Waals surface area contributed by atoms with Gasteiger partial charge in [0.2, 0.25) is 5.16 Å². The van der Waals surface area contributed by atoms with Crippen molar-refractivity contribution in [1.82, 2.24) is 9.97 Å². The second-order valence-electron chi connectivity index (χ2n) is 3.51. The van der Waals surface area contributed by atoms with Crippen LogP contribution in [-0.2, 0) is 0 Å². The first kappa shape index (κ1) is 12.9. The molecule has 0 spiro atoms. The highest BCUT2D eigenvalue weighted by Crippen LogP contribution is 2.22. The molecule has 2 N–H and O–H groups in total. The van der Waals surface area contributed by atoms with Gasteiger partial charge in [0.25, 0.3) is 0 Å². The van der Waals surface area contributed by atoms with Crippen LogP contribution in [0.25, 0.3) is 0 Å². The van der Waals surface area contributed by atoms with Crippen LogP contribution in [0.5, 0.6) is 0 Å². The molecule has 18 heavy (non-hydrogen) atoms. The van der Waals surface area contributed by atoms with Crippen molar-refractivity contribution in [3.05, 3.63) is 35.1 Å². The third kappa shape index (κ3) is 3.75. The van der Waals surface area contributed by atoms with E-state index in [2.05, 4.69) is 21.4 Å². The lowest BCUT2D eigenvalue weighted by Crippen LogP contribution is -2.04. The molecule has 1 aliphatic rings. The van der Waals surface area contributed by atoms with Gasteiger partial charge >= 0.3 is 5.30 Å². The fourth-order valence-electron chi connectivity index (χ4n) is 1.46. The van der Waals surface area contributed by atoms with E-state index in [4.69, 9.17) is 16.7 Å².